The molecular formula is C15H17N3O4. The second kappa shape index (κ2) is 7.04. The highest BCUT2D eigenvalue weighted by Gasteiger charge is 2.23. The van der Waals surface area contributed by atoms with Crippen molar-refractivity contribution in [2.24, 2.45) is 0 Å². The van der Waals surface area contributed by atoms with Crippen molar-refractivity contribution < 1.29 is 18.7 Å². The number of hydrogen-bond acceptors (Lipinski definition) is 6. The van der Waals surface area contributed by atoms with Crippen LogP contribution in [0.5, 0.6) is 5.75 Å². The van der Waals surface area contributed by atoms with E-state index in [0.717, 1.165) is 18.6 Å². The first-order valence-electron chi connectivity index (χ1n) is 7.24. The van der Waals surface area contributed by atoms with Crippen molar-refractivity contribution in [3.8, 4) is 5.75 Å². The lowest BCUT2D eigenvalue weighted by Crippen LogP contribution is -2.15. The van der Waals surface area contributed by atoms with Crippen LogP contribution in [0.1, 0.15) is 31.3 Å². The Kier molecular flexibility index (Phi) is 4.65. The number of benzene rings is 1. The molecule has 1 atom stereocenters. The molecule has 1 saturated heterocycles. The van der Waals surface area contributed by atoms with E-state index in [4.69, 9.17) is 13.9 Å². The van der Waals surface area contributed by atoms with Crippen molar-refractivity contribution in [1.29, 1.82) is 0 Å². The molecule has 1 aliphatic heterocycles. The van der Waals surface area contributed by atoms with Crippen LogP contribution in [0.2, 0.25) is 0 Å². The quantitative estimate of drug-likeness (QED) is 0.881. The third-order valence-electron chi connectivity index (χ3n) is 3.23. The monoisotopic (exact) mass is 303 g/mol. The Morgan fingerprint density at radius 2 is 2.18 bits per heavy atom. The topological polar surface area (TPSA) is 86.5 Å². The van der Waals surface area contributed by atoms with E-state index in [9.17, 15) is 4.79 Å². The van der Waals surface area contributed by atoms with Crippen LogP contribution in [0.15, 0.2) is 34.7 Å². The van der Waals surface area contributed by atoms with Gasteiger partial charge in [0.1, 0.15) is 11.9 Å². The first-order valence-corrected chi connectivity index (χ1v) is 7.24. The van der Waals surface area contributed by atoms with E-state index in [0.29, 0.717) is 12.5 Å². The first-order chi connectivity index (χ1) is 10.8. The Morgan fingerprint density at radius 3 is 2.95 bits per heavy atom. The van der Waals surface area contributed by atoms with Gasteiger partial charge in [0.25, 0.3) is 0 Å². The molecular weight excluding hydrogens is 286 g/mol. The van der Waals surface area contributed by atoms with Crippen LogP contribution < -0.4 is 10.1 Å². The molecule has 1 amide bonds. The minimum absolute atomic E-state index is 0.0928. The summed E-state index contributed by atoms with van der Waals surface area (Å²) >= 11 is 0. The molecule has 2 heterocycles. The summed E-state index contributed by atoms with van der Waals surface area (Å²) in [6.45, 7) is 0.980. The molecule has 1 N–H and O–H groups in total. The summed E-state index contributed by atoms with van der Waals surface area (Å²) in [6.07, 6.45) is 1.89. The first kappa shape index (κ1) is 14.5. The summed E-state index contributed by atoms with van der Waals surface area (Å²) in [5.41, 5.74) is 0. The maximum atomic E-state index is 11.8. The van der Waals surface area contributed by atoms with Gasteiger partial charge in [-0.15, -0.1) is 5.10 Å². The second-order valence-electron chi connectivity index (χ2n) is 4.91. The molecule has 0 spiro atoms. The molecule has 1 unspecified atom stereocenters. The fraction of sp³-hybridized carbons (Fsp3) is 0.400. The molecule has 1 aliphatic rings. The molecule has 7 nitrogen and oxygen atoms in total. The van der Waals surface area contributed by atoms with Gasteiger partial charge in [0, 0.05) is 6.61 Å². The lowest BCUT2D eigenvalue weighted by molar-refractivity contribution is -0.116. The Labute approximate surface area is 127 Å². The van der Waals surface area contributed by atoms with Gasteiger partial charge in [-0.05, 0) is 25.0 Å². The largest absolute Gasteiger partial charge is 0.493 e. The van der Waals surface area contributed by atoms with E-state index in [2.05, 4.69) is 15.5 Å². The minimum Gasteiger partial charge on any atom is -0.493 e. The Hall–Kier alpha value is -2.41. The van der Waals surface area contributed by atoms with Crippen LogP contribution in [-0.4, -0.2) is 29.3 Å². The Bertz CT molecular complexity index is 608. The van der Waals surface area contributed by atoms with Crippen LogP contribution in [0.25, 0.3) is 0 Å². The number of hydrogen-bond donors (Lipinski definition) is 1. The normalized spacial score (nSPS) is 17.4. The number of carbonyl (C=O) groups is 1. The smallest absolute Gasteiger partial charge is 0.322 e. The van der Waals surface area contributed by atoms with E-state index in [1.807, 2.05) is 30.3 Å². The van der Waals surface area contributed by atoms with Crippen molar-refractivity contribution >= 4 is 11.9 Å². The summed E-state index contributed by atoms with van der Waals surface area (Å²) in [4.78, 5) is 11.8. The summed E-state index contributed by atoms with van der Waals surface area (Å²) in [6, 6.07) is 9.42. The number of rotatable bonds is 6. The number of ether oxygens (including phenoxy) is 2. The fourth-order valence-corrected chi connectivity index (χ4v) is 2.15. The SMILES string of the molecule is O=C(CCOc1ccccc1)Nc1nnc(C2CCCO2)o1. The van der Waals surface area contributed by atoms with Gasteiger partial charge in [-0.2, -0.15) is 0 Å². The molecule has 7 heteroatoms. The van der Waals surface area contributed by atoms with Gasteiger partial charge in [-0.1, -0.05) is 23.3 Å². The van der Waals surface area contributed by atoms with Gasteiger partial charge in [-0.25, -0.2) is 0 Å². The van der Waals surface area contributed by atoms with Crippen molar-refractivity contribution in [3.63, 3.8) is 0 Å². The Balaban J connectivity index is 1.43. The predicted molar refractivity (Wildman–Crippen MR) is 77.4 cm³/mol. The Morgan fingerprint density at radius 1 is 1.32 bits per heavy atom. The van der Waals surface area contributed by atoms with Crippen LogP contribution in [0.3, 0.4) is 0 Å². The van der Waals surface area contributed by atoms with Crippen molar-refractivity contribution in [2.45, 2.75) is 25.4 Å². The number of aromatic nitrogens is 2. The lowest BCUT2D eigenvalue weighted by atomic mass is 10.2. The van der Waals surface area contributed by atoms with Gasteiger partial charge in [0.15, 0.2) is 0 Å². The van der Waals surface area contributed by atoms with Crippen LogP contribution in [-0.2, 0) is 9.53 Å². The highest BCUT2D eigenvalue weighted by Crippen LogP contribution is 2.28. The number of para-hydroxylation sites is 1. The molecule has 1 aromatic heterocycles. The van der Waals surface area contributed by atoms with E-state index in [1.165, 1.54) is 0 Å². The van der Waals surface area contributed by atoms with E-state index < -0.39 is 0 Å². The molecule has 1 aromatic carbocycles. The van der Waals surface area contributed by atoms with Gasteiger partial charge >= 0.3 is 6.01 Å². The van der Waals surface area contributed by atoms with Crippen LogP contribution >= 0.6 is 0 Å². The molecule has 0 aliphatic carbocycles. The number of amides is 1. The zero-order valence-electron chi connectivity index (χ0n) is 12.0. The van der Waals surface area contributed by atoms with Crippen molar-refractivity contribution in [1.82, 2.24) is 10.2 Å². The molecule has 0 bridgehead atoms. The van der Waals surface area contributed by atoms with Crippen molar-refractivity contribution in [3.05, 3.63) is 36.2 Å². The highest BCUT2D eigenvalue weighted by atomic mass is 16.5. The average Bonchev–Trinajstić information content (AvgIpc) is 3.19. The van der Waals surface area contributed by atoms with Crippen LogP contribution in [0.4, 0.5) is 6.01 Å². The molecule has 0 radical (unpaired) electrons. The third-order valence-corrected chi connectivity index (χ3v) is 3.23. The molecule has 1 fully saturated rings. The van der Waals surface area contributed by atoms with E-state index in [1.54, 1.807) is 0 Å². The maximum absolute atomic E-state index is 11.8. The molecule has 116 valence electrons. The van der Waals surface area contributed by atoms with Gasteiger partial charge in [-0.3, -0.25) is 10.1 Å². The predicted octanol–water partition coefficient (Wildman–Crippen LogP) is 2.33. The molecule has 0 saturated carbocycles. The standard InChI is InChI=1S/C15H17N3O4/c19-13(8-10-20-11-5-2-1-3-6-11)16-15-18-17-14(22-15)12-7-4-9-21-12/h1-3,5-6,12H,4,7-10H2,(H,16,18,19). The summed E-state index contributed by atoms with van der Waals surface area (Å²) in [5.74, 6) is 0.903. The van der Waals surface area contributed by atoms with Gasteiger partial charge in [0.2, 0.25) is 11.8 Å². The second-order valence-corrected chi connectivity index (χ2v) is 4.91. The number of nitrogens with zero attached hydrogens (tertiary/aromatic N) is 2. The number of nitrogens with one attached hydrogen (secondary N) is 1. The van der Waals surface area contributed by atoms with Crippen LogP contribution in [0, 0.1) is 0 Å². The lowest BCUT2D eigenvalue weighted by Gasteiger charge is -2.05. The van der Waals surface area contributed by atoms with Gasteiger partial charge in [0.05, 0.1) is 13.0 Å². The summed E-state index contributed by atoms with van der Waals surface area (Å²) in [7, 11) is 0. The molecule has 2 aromatic rings. The third kappa shape index (κ3) is 3.82. The average molecular weight is 303 g/mol. The summed E-state index contributed by atoms with van der Waals surface area (Å²) in [5, 5.41) is 10.2. The number of carbonyl (C=O) groups excluding carboxylic acids is 1. The van der Waals surface area contributed by atoms with E-state index in [-0.39, 0.29) is 31.1 Å². The fourth-order valence-electron chi connectivity index (χ4n) is 2.15. The van der Waals surface area contributed by atoms with Crippen molar-refractivity contribution in [2.75, 3.05) is 18.5 Å². The molecule has 22 heavy (non-hydrogen) atoms. The zero-order valence-corrected chi connectivity index (χ0v) is 12.0. The number of anilines is 1. The maximum Gasteiger partial charge on any atom is 0.322 e. The highest BCUT2D eigenvalue weighted by molar-refractivity contribution is 5.88. The van der Waals surface area contributed by atoms with Gasteiger partial charge < -0.3 is 13.9 Å². The summed E-state index contributed by atoms with van der Waals surface area (Å²) < 4.78 is 16.3. The minimum atomic E-state index is -0.238. The van der Waals surface area contributed by atoms with E-state index >= 15 is 0 Å². The molecule has 3 rings (SSSR count). The zero-order chi connectivity index (χ0) is 15.2.